The summed E-state index contributed by atoms with van der Waals surface area (Å²) in [5.74, 6) is 0.226. The van der Waals surface area contributed by atoms with Crippen molar-refractivity contribution < 1.29 is 4.39 Å². The Bertz CT molecular complexity index is 542. The first kappa shape index (κ1) is 12.7. The van der Waals surface area contributed by atoms with E-state index in [-0.39, 0.29) is 10.8 Å². The van der Waals surface area contributed by atoms with Crippen molar-refractivity contribution in [3.63, 3.8) is 0 Å². The van der Waals surface area contributed by atoms with Gasteiger partial charge in [0, 0.05) is 5.75 Å². The topological polar surface area (TPSA) is 38.9 Å². The highest BCUT2D eigenvalue weighted by molar-refractivity contribution is 8.00. The highest BCUT2D eigenvalue weighted by Gasteiger charge is 2.09. The van der Waals surface area contributed by atoms with Crippen LogP contribution in [0.2, 0.25) is 5.02 Å². The zero-order chi connectivity index (χ0) is 12.4. The first-order valence-corrected chi connectivity index (χ1v) is 7.04. The van der Waals surface area contributed by atoms with Gasteiger partial charge < -0.3 is 5.73 Å². The summed E-state index contributed by atoms with van der Waals surface area (Å²) in [4.78, 5) is 4.13. The number of nitrogen functional groups attached to an aromatic ring is 1. The molecule has 0 radical (unpaired) electrons. The van der Waals surface area contributed by atoms with Crippen LogP contribution < -0.4 is 5.73 Å². The Kier molecular flexibility index (Phi) is 3.91. The minimum absolute atomic E-state index is 0.190. The third-order valence-electron chi connectivity index (χ3n) is 2.16. The lowest BCUT2D eigenvalue weighted by molar-refractivity contribution is 0.627. The Balaban J connectivity index is 2.12. The molecule has 17 heavy (non-hydrogen) atoms. The molecule has 2 N–H and O–H groups in total. The maximum Gasteiger partial charge on any atom is 0.181 e. The first-order chi connectivity index (χ1) is 8.08. The number of hydrogen-bond donors (Lipinski definition) is 1. The quantitative estimate of drug-likeness (QED) is 0.864. The molecule has 90 valence electrons. The lowest BCUT2D eigenvalue weighted by atomic mass is 10.2. The molecule has 1 aromatic carbocycles. The van der Waals surface area contributed by atoms with Crippen molar-refractivity contribution in [2.24, 2.45) is 0 Å². The summed E-state index contributed by atoms with van der Waals surface area (Å²) >= 11 is 8.88. The number of rotatable bonds is 3. The molecule has 0 aliphatic carbocycles. The molecule has 0 spiro atoms. The van der Waals surface area contributed by atoms with Gasteiger partial charge in [-0.3, -0.25) is 0 Å². The minimum Gasteiger partial charge on any atom is -0.375 e. The van der Waals surface area contributed by atoms with E-state index in [0.717, 1.165) is 15.5 Å². The van der Waals surface area contributed by atoms with E-state index in [9.17, 15) is 4.39 Å². The van der Waals surface area contributed by atoms with Gasteiger partial charge in [0.15, 0.2) is 5.13 Å². The fraction of sp³-hybridized carbons (Fsp3) is 0.182. The van der Waals surface area contributed by atoms with Crippen LogP contribution in [-0.4, -0.2) is 4.98 Å². The van der Waals surface area contributed by atoms with Gasteiger partial charge in [-0.25, -0.2) is 9.37 Å². The molecule has 1 heterocycles. The van der Waals surface area contributed by atoms with Crippen molar-refractivity contribution in [1.82, 2.24) is 4.98 Å². The van der Waals surface area contributed by atoms with Crippen molar-refractivity contribution in [3.8, 4) is 0 Å². The van der Waals surface area contributed by atoms with E-state index in [1.54, 1.807) is 17.8 Å². The second-order valence-electron chi connectivity index (χ2n) is 3.43. The SMILES string of the molecule is Cc1nc(N)sc1SCc1cccc(F)c1Cl. The lowest BCUT2D eigenvalue weighted by Crippen LogP contribution is -1.86. The van der Waals surface area contributed by atoms with Gasteiger partial charge in [0.1, 0.15) is 5.82 Å². The van der Waals surface area contributed by atoms with Crippen molar-refractivity contribution in [2.45, 2.75) is 16.9 Å². The number of thioether (sulfide) groups is 1. The number of benzene rings is 1. The monoisotopic (exact) mass is 288 g/mol. The Morgan fingerprint density at radius 2 is 2.29 bits per heavy atom. The van der Waals surface area contributed by atoms with Gasteiger partial charge in [0.05, 0.1) is 14.9 Å². The molecule has 6 heteroatoms. The smallest absolute Gasteiger partial charge is 0.181 e. The van der Waals surface area contributed by atoms with Crippen LogP contribution in [0.3, 0.4) is 0 Å². The highest BCUT2D eigenvalue weighted by Crippen LogP contribution is 2.34. The van der Waals surface area contributed by atoms with Crippen molar-refractivity contribution in [1.29, 1.82) is 0 Å². The zero-order valence-corrected chi connectivity index (χ0v) is 11.4. The van der Waals surface area contributed by atoms with Crippen LogP contribution in [-0.2, 0) is 5.75 Å². The lowest BCUT2D eigenvalue weighted by Gasteiger charge is -2.03. The third-order valence-corrected chi connectivity index (χ3v) is 4.98. The van der Waals surface area contributed by atoms with E-state index in [4.69, 9.17) is 17.3 Å². The summed E-state index contributed by atoms with van der Waals surface area (Å²) in [7, 11) is 0. The van der Waals surface area contributed by atoms with Gasteiger partial charge in [-0.15, -0.1) is 11.8 Å². The minimum atomic E-state index is -0.384. The number of aromatic nitrogens is 1. The normalized spacial score (nSPS) is 10.8. The molecule has 2 rings (SSSR count). The van der Waals surface area contributed by atoms with Gasteiger partial charge in [-0.2, -0.15) is 0 Å². The third kappa shape index (κ3) is 2.91. The molecule has 0 saturated heterocycles. The molecule has 0 atom stereocenters. The van der Waals surface area contributed by atoms with Gasteiger partial charge in [-0.1, -0.05) is 35.1 Å². The van der Waals surface area contributed by atoms with E-state index >= 15 is 0 Å². The number of nitrogens with zero attached hydrogens (tertiary/aromatic N) is 1. The number of anilines is 1. The van der Waals surface area contributed by atoms with Crippen LogP contribution >= 0.6 is 34.7 Å². The fourth-order valence-corrected chi connectivity index (χ4v) is 3.63. The van der Waals surface area contributed by atoms with Crippen molar-refractivity contribution in [2.75, 3.05) is 5.73 Å². The van der Waals surface area contributed by atoms with Crippen LogP contribution in [0.1, 0.15) is 11.3 Å². The van der Waals surface area contributed by atoms with Crippen LogP contribution in [0.4, 0.5) is 9.52 Å². The standard InChI is InChI=1S/C11H10ClFN2S2/c1-6-10(17-11(14)15-6)16-5-7-3-2-4-8(13)9(7)12/h2-4H,5H2,1H3,(H2,14,15). The Morgan fingerprint density at radius 3 is 2.94 bits per heavy atom. The van der Waals surface area contributed by atoms with E-state index in [1.165, 1.54) is 17.4 Å². The molecule has 2 nitrogen and oxygen atoms in total. The molecular formula is C11H10ClFN2S2. The molecule has 0 amide bonds. The van der Waals surface area contributed by atoms with E-state index < -0.39 is 0 Å². The summed E-state index contributed by atoms with van der Waals surface area (Å²) in [6.07, 6.45) is 0. The van der Waals surface area contributed by atoms with E-state index in [1.807, 2.05) is 13.0 Å². The summed E-state index contributed by atoms with van der Waals surface area (Å²) in [5.41, 5.74) is 7.30. The predicted molar refractivity (Wildman–Crippen MR) is 72.2 cm³/mol. The fourth-order valence-electron chi connectivity index (χ4n) is 1.34. The number of nitrogens with two attached hydrogens (primary N) is 1. The Labute approximate surface area is 112 Å². The summed E-state index contributed by atoms with van der Waals surface area (Å²) in [6.45, 7) is 1.91. The predicted octanol–water partition coefficient (Wildman–Crippen LogP) is 4.12. The number of thiazole rings is 1. The van der Waals surface area contributed by atoms with Crippen LogP contribution in [0.15, 0.2) is 22.4 Å². The Morgan fingerprint density at radius 1 is 1.53 bits per heavy atom. The zero-order valence-electron chi connectivity index (χ0n) is 9.04. The van der Waals surface area contributed by atoms with E-state index in [2.05, 4.69) is 4.98 Å². The van der Waals surface area contributed by atoms with Gasteiger partial charge in [-0.05, 0) is 18.6 Å². The summed E-state index contributed by atoms with van der Waals surface area (Å²) in [5, 5.41) is 0.741. The van der Waals surface area contributed by atoms with Gasteiger partial charge in [0.2, 0.25) is 0 Å². The molecule has 0 fully saturated rings. The highest BCUT2D eigenvalue weighted by atomic mass is 35.5. The molecule has 0 aliphatic rings. The van der Waals surface area contributed by atoms with Gasteiger partial charge in [0.25, 0.3) is 0 Å². The van der Waals surface area contributed by atoms with Crippen molar-refractivity contribution in [3.05, 3.63) is 40.3 Å². The molecule has 0 saturated carbocycles. The second kappa shape index (κ2) is 5.25. The molecule has 0 aliphatic heterocycles. The Hall–Kier alpha value is -0.780. The first-order valence-electron chi connectivity index (χ1n) is 4.86. The molecule has 0 unspecified atom stereocenters. The number of hydrogen-bond acceptors (Lipinski definition) is 4. The van der Waals surface area contributed by atoms with Crippen LogP contribution in [0.5, 0.6) is 0 Å². The van der Waals surface area contributed by atoms with Crippen molar-refractivity contribution >= 4 is 39.8 Å². The molecule has 1 aromatic heterocycles. The maximum absolute atomic E-state index is 13.2. The van der Waals surface area contributed by atoms with Crippen LogP contribution in [0, 0.1) is 12.7 Å². The number of halogens is 2. The van der Waals surface area contributed by atoms with E-state index in [0.29, 0.717) is 10.9 Å². The largest absolute Gasteiger partial charge is 0.375 e. The molecule has 0 bridgehead atoms. The summed E-state index contributed by atoms with van der Waals surface area (Å²) in [6, 6.07) is 4.83. The number of aryl methyl sites for hydroxylation is 1. The molecular weight excluding hydrogens is 279 g/mol. The maximum atomic E-state index is 13.2. The van der Waals surface area contributed by atoms with Crippen LogP contribution in [0.25, 0.3) is 0 Å². The molecule has 2 aromatic rings. The second-order valence-corrected chi connectivity index (χ2v) is 6.08. The average Bonchev–Trinajstić information content (AvgIpc) is 2.60. The summed E-state index contributed by atoms with van der Waals surface area (Å²) < 4.78 is 14.3. The average molecular weight is 289 g/mol. The van der Waals surface area contributed by atoms with Gasteiger partial charge >= 0.3 is 0 Å².